The van der Waals surface area contributed by atoms with Crippen molar-refractivity contribution in [3.63, 3.8) is 0 Å². The molecular weight excluding hydrogens is 252 g/mol. The van der Waals surface area contributed by atoms with Crippen LogP contribution in [0.4, 0.5) is 11.6 Å². The number of sulfone groups is 1. The minimum Gasteiger partial charge on any atom is -0.383 e. The molecule has 1 rings (SSSR count). The quantitative estimate of drug-likeness (QED) is 0.821. The van der Waals surface area contributed by atoms with Crippen LogP contribution in [-0.4, -0.2) is 36.4 Å². The maximum atomic E-state index is 11.2. The highest BCUT2D eigenvalue weighted by molar-refractivity contribution is 7.90. The molecule has 7 heteroatoms. The van der Waals surface area contributed by atoms with Crippen LogP contribution in [-0.2, 0) is 16.3 Å². The van der Waals surface area contributed by atoms with Gasteiger partial charge in [-0.3, -0.25) is 0 Å². The second-order valence-corrected chi connectivity index (χ2v) is 6.67. The van der Waals surface area contributed by atoms with Crippen LogP contribution < -0.4 is 11.1 Å². The fourth-order valence-corrected chi connectivity index (χ4v) is 2.60. The van der Waals surface area contributed by atoms with E-state index in [0.29, 0.717) is 23.9 Å². The molecule has 1 unspecified atom stereocenters. The number of nitrogens with one attached hydrogen (secondary N) is 1. The summed E-state index contributed by atoms with van der Waals surface area (Å²) in [5, 5.41) is 3.07. The van der Waals surface area contributed by atoms with Crippen LogP contribution in [0.2, 0.25) is 0 Å². The van der Waals surface area contributed by atoms with Gasteiger partial charge >= 0.3 is 0 Å². The Labute approximate surface area is 108 Å². The molecule has 1 aromatic rings. The predicted octanol–water partition coefficient (Wildman–Crippen LogP) is 0.775. The molecule has 0 aromatic carbocycles. The summed E-state index contributed by atoms with van der Waals surface area (Å²) in [4.78, 5) is 8.47. The van der Waals surface area contributed by atoms with Crippen LogP contribution in [0.15, 0.2) is 0 Å². The van der Waals surface area contributed by atoms with Crippen molar-refractivity contribution in [1.29, 1.82) is 0 Å². The molecule has 0 fully saturated rings. The molecule has 1 aromatic heterocycles. The second-order valence-electron chi connectivity index (χ2n) is 4.49. The summed E-state index contributed by atoms with van der Waals surface area (Å²) in [6.07, 6.45) is 1.89. The zero-order valence-electron chi connectivity index (χ0n) is 11.2. The third-order valence-electron chi connectivity index (χ3n) is 2.48. The van der Waals surface area contributed by atoms with E-state index in [1.54, 1.807) is 6.92 Å². The monoisotopic (exact) mass is 272 g/mol. The van der Waals surface area contributed by atoms with Crippen LogP contribution in [0.5, 0.6) is 0 Å². The Kier molecular flexibility index (Phi) is 4.50. The average Bonchev–Trinajstić information content (AvgIpc) is 2.21. The Morgan fingerprint density at radius 3 is 2.50 bits per heavy atom. The van der Waals surface area contributed by atoms with Crippen molar-refractivity contribution in [1.82, 2.24) is 9.97 Å². The Balaban J connectivity index is 2.93. The molecule has 1 atom stereocenters. The van der Waals surface area contributed by atoms with Crippen molar-refractivity contribution in [2.24, 2.45) is 0 Å². The topological polar surface area (TPSA) is 98.0 Å². The van der Waals surface area contributed by atoms with Gasteiger partial charge in [0.1, 0.15) is 27.3 Å². The van der Waals surface area contributed by atoms with E-state index in [-0.39, 0.29) is 11.8 Å². The molecule has 3 N–H and O–H groups in total. The van der Waals surface area contributed by atoms with Crippen molar-refractivity contribution in [2.75, 3.05) is 23.1 Å². The van der Waals surface area contributed by atoms with Crippen molar-refractivity contribution < 1.29 is 8.42 Å². The van der Waals surface area contributed by atoms with Gasteiger partial charge in [-0.2, -0.15) is 0 Å². The lowest BCUT2D eigenvalue weighted by Gasteiger charge is -2.16. The Hall–Kier alpha value is -1.37. The standard InChI is InChI=1S/C11H20N4O2S/c1-5-9-14-10(12)8(3)11(15-9)13-7(2)6-18(4,16)17/h7H,5-6H2,1-4H3,(H3,12,13,14,15). The van der Waals surface area contributed by atoms with Crippen LogP contribution >= 0.6 is 0 Å². The summed E-state index contributed by atoms with van der Waals surface area (Å²) < 4.78 is 22.4. The first kappa shape index (κ1) is 14.7. The molecule has 0 aliphatic carbocycles. The van der Waals surface area contributed by atoms with E-state index in [0.717, 1.165) is 5.56 Å². The molecule has 0 saturated carbocycles. The zero-order chi connectivity index (χ0) is 13.9. The van der Waals surface area contributed by atoms with E-state index in [1.807, 2.05) is 13.8 Å². The zero-order valence-corrected chi connectivity index (χ0v) is 12.0. The summed E-state index contributed by atoms with van der Waals surface area (Å²) >= 11 is 0. The fourth-order valence-electron chi connectivity index (χ4n) is 1.61. The Morgan fingerprint density at radius 2 is 2.00 bits per heavy atom. The number of hydrogen-bond donors (Lipinski definition) is 2. The number of aromatic nitrogens is 2. The van der Waals surface area contributed by atoms with E-state index < -0.39 is 9.84 Å². The van der Waals surface area contributed by atoms with Crippen LogP contribution in [0.1, 0.15) is 25.2 Å². The number of nitrogen functional groups attached to an aromatic ring is 1. The first-order valence-electron chi connectivity index (χ1n) is 5.80. The Bertz CT molecular complexity index is 528. The first-order valence-corrected chi connectivity index (χ1v) is 7.86. The lowest BCUT2D eigenvalue weighted by atomic mass is 10.2. The number of nitrogens with zero attached hydrogens (tertiary/aromatic N) is 2. The lowest BCUT2D eigenvalue weighted by Crippen LogP contribution is -2.26. The van der Waals surface area contributed by atoms with Gasteiger partial charge in [-0.15, -0.1) is 0 Å². The van der Waals surface area contributed by atoms with E-state index in [9.17, 15) is 8.42 Å². The molecule has 1 heterocycles. The molecule has 0 amide bonds. The molecule has 0 aliphatic rings. The van der Waals surface area contributed by atoms with Gasteiger partial charge in [0.05, 0.1) is 5.75 Å². The molecule has 18 heavy (non-hydrogen) atoms. The van der Waals surface area contributed by atoms with Gasteiger partial charge in [-0.05, 0) is 13.8 Å². The molecule has 102 valence electrons. The summed E-state index contributed by atoms with van der Waals surface area (Å²) in [6, 6.07) is -0.224. The minimum absolute atomic E-state index is 0.0534. The highest BCUT2D eigenvalue weighted by Gasteiger charge is 2.14. The van der Waals surface area contributed by atoms with Gasteiger partial charge in [0.15, 0.2) is 0 Å². The highest BCUT2D eigenvalue weighted by atomic mass is 32.2. The molecule has 0 aliphatic heterocycles. The van der Waals surface area contributed by atoms with Crippen LogP contribution in [0.3, 0.4) is 0 Å². The summed E-state index contributed by atoms with van der Waals surface area (Å²) in [5.41, 5.74) is 6.53. The van der Waals surface area contributed by atoms with Crippen molar-refractivity contribution in [3.05, 3.63) is 11.4 Å². The number of anilines is 2. The second kappa shape index (κ2) is 5.51. The molecule has 0 radical (unpaired) electrons. The van der Waals surface area contributed by atoms with E-state index >= 15 is 0 Å². The van der Waals surface area contributed by atoms with Crippen molar-refractivity contribution in [3.8, 4) is 0 Å². The summed E-state index contributed by atoms with van der Waals surface area (Å²) in [5.74, 6) is 1.73. The smallest absolute Gasteiger partial charge is 0.149 e. The minimum atomic E-state index is -3.02. The van der Waals surface area contributed by atoms with Gasteiger partial charge in [0.25, 0.3) is 0 Å². The normalized spacial score (nSPS) is 13.3. The first-order chi connectivity index (χ1) is 8.23. The number of aryl methyl sites for hydroxylation is 1. The number of rotatable bonds is 5. The maximum Gasteiger partial charge on any atom is 0.149 e. The van der Waals surface area contributed by atoms with Gasteiger partial charge < -0.3 is 11.1 Å². The van der Waals surface area contributed by atoms with Crippen LogP contribution in [0, 0.1) is 6.92 Å². The largest absolute Gasteiger partial charge is 0.383 e. The molecule has 0 bridgehead atoms. The average molecular weight is 272 g/mol. The number of hydrogen-bond acceptors (Lipinski definition) is 6. The molecule has 6 nitrogen and oxygen atoms in total. The maximum absolute atomic E-state index is 11.2. The van der Waals surface area contributed by atoms with Crippen molar-refractivity contribution in [2.45, 2.75) is 33.2 Å². The van der Waals surface area contributed by atoms with Crippen LogP contribution in [0.25, 0.3) is 0 Å². The Morgan fingerprint density at radius 1 is 1.39 bits per heavy atom. The lowest BCUT2D eigenvalue weighted by molar-refractivity contribution is 0.598. The van der Waals surface area contributed by atoms with Gasteiger partial charge in [0, 0.05) is 24.3 Å². The van der Waals surface area contributed by atoms with E-state index in [2.05, 4.69) is 15.3 Å². The fraction of sp³-hybridized carbons (Fsp3) is 0.636. The third-order valence-corrected chi connectivity index (χ3v) is 3.59. The SMILES string of the molecule is CCc1nc(N)c(C)c(NC(C)CS(C)(=O)=O)n1. The van der Waals surface area contributed by atoms with E-state index in [1.165, 1.54) is 6.26 Å². The molecule has 0 spiro atoms. The summed E-state index contributed by atoms with van der Waals surface area (Å²) in [7, 11) is -3.02. The highest BCUT2D eigenvalue weighted by Crippen LogP contribution is 2.18. The van der Waals surface area contributed by atoms with Gasteiger partial charge in [-0.1, -0.05) is 6.92 Å². The molecular formula is C11H20N4O2S. The predicted molar refractivity (Wildman–Crippen MR) is 73.4 cm³/mol. The third kappa shape index (κ3) is 4.14. The number of nitrogens with two attached hydrogens (primary N) is 1. The van der Waals surface area contributed by atoms with Crippen molar-refractivity contribution >= 4 is 21.5 Å². The van der Waals surface area contributed by atoms with Gasteiger partial charge in [-0.25, -0.2) is 18.4 Å². The molecule has 0 saturated heterocycles. The summed E-state index contributed by atoms with van der Waals surface area (Å²) in [6.45, 7) is 5.54. The van der Waals surface area contributed by atoms with E-state index in [4.69, 9.17) is 5.73 Å². The van der Waals surface area contributed by atoms with Gasteiger partial charge in [0.2, 0.25) is 0 Å².